The summed E-state index contributed by atoms with van der Waals surface area (Å²) < 4.78 is 2.16. The number of benzene rings is 3. The van der Waals surface area contributed by atoms with Crippen LogP contribution in [0.4, 0.5) is 0 Å². The third kappa shape index (κ3) is 3.69. The SMILES string of the molecule is CC(C)(O)C(C)(O)Cc1ccc(-c2nc3ccccc3n2-c2ccccc2)cc1. The standard InChI is InChI=1S/C25H26N2O2/c1-24(2,28)25(3,29)17-18-13-15-19(16-14-18)23-26-21-11-7-8-12-22(21)27(23)20-9-5-4-6-10-20/h4-16,28-29H,17H2,1-3H3. The van der Waals surface area contributed by atoms with Crippen molar-refractivity contribution >= 4 is 11.0 Å². The Bertz CT molecular complexity index is 1120. The maximum absolute atomic E-state index is 10.6. The van der Waals surface area contributed by atoms with Crippen molar-refractivity contribution in [2.45, 2.75) is 38.4 Å². The third-order valence-electron chi connectivity index (χ3n) is 5.65. The Morgan fingerprint density at radius 3 is 2.07 bits per heavy atom. The van der Waals surface area contributed by atoms with Gasteiger partial charge >= 0.3 is 0 Å². The van der Waals surface area contributed by atoms with Gasteiger partial charge in [0, 0.05) is 17.7 Å². The molecule has 0 amide bonds. The quantitative estimate of drug-likeness (QED) is 0.520. The van der Waals surface area contributed by atoms with Crippen molar-refractivity contribution < 1.29 is 10.2 Å². The summed E-state index contributed by atoms with van der Waals surface area (Å²) >= 11 is 0. The van der Waals surface area contributed by atoms with Gasteiger partial charge in [0.1, 0.15) is 5.82 Å². The highest BCUT2D eigenvalue weighted by atomic mass is 16.3. The van der Waals surface area contributed by atoms with Gasteiger partial charge in [-0.1, -0.05) is 54.6 Å². The highest BCUT2D eigenvalue weighted by Crippen LogP contribution is 2.30. The van der Waals surface area contributed by atoms with Crippen LogP contribution in [0.25, 0.3) is 28.1 Å². The van der Waals surface area contributed by atoms with Crippen LogP contribution in [0.3, 0.4) is 0 Å². The first-order chi connectivity index (χ1) is 13.8. The van der Waals surface area contributed by atoms with Gasteiger partial charge in [0.25, 0.3) is 0 Å². The van der Waals surface area contributed by atoms with E-state index in [1.54, 1.807) is 20.8 Å². The molecule has 0 aliphatic rings. The molecular weight excluding hydrogens is 360 g/mol. The Hall–Kier alpha value is -2.95. The molecule has 0 bridgehead atoms. The topological polar surface area (TPSA) is 58.3 Å². The summed E-state index contributed by atoms with van der Waals surface area (Å²) in [7, 11) is 0. The molecule has 1 atom stereocenters. The molecule has 3 aromatic carbocycles. The van der Waals surface area contributed by atoms with Crippen LogP contribution in [-0.2, 0) is 6.42 Å². The second-order valence-corrected chi connectivity index (χ2v) is 8.30. The predicted octanol–water partition coefficient (Wildman–Crippen LogP) is 4.76. The highest BCUT2D eigenvalue weighted by Gasteiger charge is 2.37. The van der Waals surface area contributed by atoms with Crippen LogP contribution in [0.1, 0.15) is 26.3 Å². The number of hydrogen-bond acceptors (Lipinski definition) is 3. The molecule has 1 heterocycles. The molecule has 0 saturated carbocycles. The van der Waals surface area contributed by atoms with E-state index in [1.165, 1.54) is 0 Å². The van der Waals surface area contributed by atoms with Crippen LogP contribution in [0, 0.1) is 0 Å². The van der Waals surface area contributed by atoms with Gasteiger partial charge in [0.05, 0.1) is 22.2 Å². The van der Waals surface area contributed by atoms with E-state index in [2.05, 4.69) is 22.8 Å². The lowest BCUT2D eigenvalue weighted by molar-refractivity contribution is -0.118. The average molecular weight is 386 g/mol. The first-order valence-corrected chi connectivity index (χ1v) is 9.83. The number of nitrogens with zero attached hydrogens (tertiary/aromatic N) is 2. The largest absolute Gasteiger partial charge is 0.387 e. The Morgan fingerprint density at radius 1 is 0.793 bits per heavy atom. The molecular formula is C25H26N2O2. The molecule has 148 valence electrons. The van der Waals surface area contributed by atoms with Crippen molar-refractivity contribution in [2.75, 3.05) is 0 Å². The molecule has 2 N–H and O–H groups in total. The molecule has 0 saturated heterocycles. The Balaban J connectivity index is 1.76. The number of hydrogen-bond donors (Lipinski definition) is 2. The van der Waals surface area contributed by atoms with Gasteiger partial charge in [-0.25, -0.2) is 4.98 Å². The minimum Gasteiger partial charge on any atom is -0.387 e. The molecule has 0 aliphatic carbocycles. The van der Waals surface area contributed by atoms with E-state index in [9.17, 15) is 10.2 Å². The van der Waals surface area contributed by atoms with Crippen molar-refractivity contribution in [1.29, 1.82) is 0 Å². The zero-order valence-electron chi connectivity index (χ0n) is 17.0. The van der Waals surface area contributed by atoms with Crippen LogP contribution >= 0.6 is 0 Å². The van der Waals surface area contributed by atoms with Gasteiger partial charge in [-0.15, -0.1) is 0 Å². The normalized spacial score (nSPS) is 14.1. The lowest BCUT2D eigenvalue weighted by Gasteiger charge is -2.35. The van der Waals surface area contributed by atoms with Crippen molar-refractivity contribution in [2.24, 2.45) is 0 Å². The summed E-state index contributed by atoms with van der Waals surface area (Å²) in [6.45, 7) is 4.92. The number of aromatic nitrogens is 2. The van der Waals surface area contributed by atoms with Gasteiger partial charge in [0.15, 0.2) is 0 Å². The van der Waals surface area contributed by atoms with Gasteiger partial charge < -0.3 is 10.2 Å². The number of imidazole rings is 1. The van der Waals surface area contributed by atoms with Gasteiger partial charge in [-0.3, -0.25) is 4.57 Å². The van der Waals surface area contributed by atoms with Gasteiger partial charge in [-0.2, -0.15) is 0 Å². The summed E-state index contributed by atoms with van der Waals surface area (Å²) in [5, 5.41) is 20.8. The van der Waals surface area contributed by atoms with Crippen molar-refractivity contribution in [3.8, 4) is 17.1 Å². The zero-order chi connectivity index (χ0) is 20.6. The van der Waals surface area contributed by atoms with Crippen molar-refractivity contribution in [3.05, 3.63) is 84.4 Å². The summed E-state index contributed by atoms with van der Waals surface area (Å²) in [5.74, 6) is 0.873. The van der Waals surface area contributed by atoms with E-state index in [1.807, 2.05) is 60.7 Å². The fourth-order valence-electron chi connectivity index (χ4n) is 3.44. The molecule has 0 spiro atoms. The van der Waals surface area contributed by atoms with Gasteiger partial charge in [0.2, 0.25) is 0 Å². The summed E-state index contributed by atoms with van der Waals surface area (Å²) in [5.41, 5.74) is 2.62. The van der Waals surface area contributed by atoms with Crippen LogP contribution < -0.4 is 0 Å². The molecule has 0 aliphatic heterocycles. The Kier molecular flexibility index (Phi) is 4.77. The maximum atomic E-state index is 10.6. The monoisotopic (exact) mass is 386 g/mol. The van der Waals surface area contributed by atoms with Crippen LogP contribution in [0.5, 0.6) is 0 Å². The molecule has 4 heteroatoms. The first kappa shape index (κ1) is 19.4. The lowest BCUT2D eigenvalue weighted by Crippen LogP contribution is -2.49. The molecule has 1 aromatic heterocycles. The molecule has 4 nitrogen and oxygen atoms in total. The Morgan fingerprint density at radius 2 is 1.41 bits per heavy atom. The molecule has 0 fully saturated rings. The second-order valence-electron chi connectivity index (χ2n) is 8.30. The minimum atomic E-state index is -1.22. The van der Waals surface area contributed by atoms with E-state index < -0.39 is 11.2 Å². The van der Waals surface area contributed by atoms with Crippen molar-refractivity contribution in [1.82, 2.24) is 9.55 Å². The zero-order valence-corrected chi connectivity index (χ0v) is 17.0. The first-order valence-electron chi connectivity index (χ1n) is 9.83. The molecule has 1 unspecified atom stereocenters. The molecule has 29 heavy (non-hydrogen) atoms. The number of para-hydroxylation sites is 3. The number of aliphatic hydroxyl groups is 2. The smallest absolute Gasteiger partial charge is 0.145 e. The fourth-order valence-corrected chi connectivity index (χ4v) is 3.44. The lowest BCUT2D eigenvalue weighted by atomic mass is 9.82. The summed E-state index contributed by atoms with van der Waals surface area (Å²) in [4.78, 5) is 4.88. The number of fused-ring (bicyclic) bond motifs is 1. The molecule has 4 rings (SSSR count). The van der Waals surface area contributed by atoms with Crippen molar-refractivity contribution in [3.63, 3.8) is 0 Å². The minimum absolute atomic E-state index is 0.367. The van der Waals surface area contributed by atoms with E-state index >= 15 is 0 Å². The maximum Gasteiger partial charge on any atom is 0.145 e. The average Bonchev–Trinajstić information content (AvgIpc) is 3.07. The Labute approximate surface area is 171 Å². The van der Waals surface area contributed by atoms with E-state index in [4.69, 9.17) is 4.98 Å². The second kappa shape index (κ2) is 7.14. The van der Waals surface area contributed by atoms with Crippen LogP contribution in [0.2, 0.25) is 0 Å². The predicted molar refractivity (Wildman–Crippen MR) is 117 cm³/mol. The molecule has 0 radical (unpaired) electrons. The van der Waals surface area contributed by atoms with E-state index in [-0.39, 0.29) is 0 Å². The van der Waals surface area contributed by atoms with Gasteiger partial charge in [-0.05, 0) is 50.6 Å². The summed E-state index contributed by atoms with van der Waals surface area (Å²) in [6.07, 6.45) is 0.367. The number of rotatable bonds is 5. The van der Waals surface area contributed by atoms with Crippen LogP contribution in [0.15, 0.2) is 78.9 Å². The third-order valence-corrected chi connectivity index (χ3v) is 5.65. The highest BCUT2D eigenvalue weighted by molar-refractivity contribution is 5.83. The van der Waals surface area contributed by atoms with E-state index in [0.29, 0.717) is 6.42 Å². The summed E-state index contributed by atoms with van der Waals surface area (Å²) in [6, 6.07) is 26.4. The molecule has 4 aromatic rings. The van der Waals surface area contributed by atoms with E-state index in [0.717, 1.165) is 33.7 Å². The fraction of sp³-hybridized carbons (Fsp3) is 0.240. The van der Waals surface area contributed by atoms with Crippen LogP contribution in [-0.4, -0.2) is 31.0 Å².